The molecule has 4 nitrogen and oxygen atoms in total. The smallest absolute Gasteiger partial charge is 0.410 e. The van der Waals surface area contributed by atoms with E-state index in [9.17, 15) is 27.2 Å². The minimum absolute atomic E-state index is 0.168. The molecule has 0 unspecified atom stereocenters. The van der Waals surface area contributed by atoms with Crippen molar-refractivity contribution in [3.05, 3.63) is 0 Å². The number of amides is 1. The first-order valence-corrected chi connectivity index (χ1v) is 7.48. The lowest BCUT2D eigenvalue weighted by Crippen LogP contribution is -2.56. The Labute approximate surface area is 133 Å². The number of nitrogens with zero attached hydrogens (tertiary/aromatic N) is 1. The van der Waals surface area contributed by atoms with Crippen LogP contribution < -0.4 is 0 Å². The van der Waals surface area contributed by atoms with E-state index in [1.807, 2.05) is 0 Å². The van der Waals surface area contributed by atoms with Crippen molar-refractivity contribution in [1.82, 2.24) is 4.90 Å². The molecule has 0 heterocycles. The molecule has 0 bridgehead atoms. The summed E-state index contributed by atoms with van der Waals surface area (Å²) in [5.41, 5.74) is -2.32. The van der Waals surface area contributed by atoms with Crippen molar-refractivity contribution in [2.75, 3.05) is 7.05 Å². The van der Waals surface area contributed by atoms with Gasteiger partial charge in [-0.3, -0.25) is 9.69 Å². The lowest BCUT2D eigenvalue weighted by atomic mass is 9.87. The molecule has 1 aliphatic carbocycles. The fraction of sp³-hybridized carbons (Fsp3) is 0.867. The second-order valence-corrected chi connectivity index (χ2v) is 6.94. The summed E-state index contributed by atoms with van der Waals surface area (Å²) in [5.74, 6) is -5.45. The van der Waals surface area contributed by atoms with Crippen LogP contribution in [0.25, 0.3) is 0 Å². The number of Topliss-reactive ketones (excluding diaryl/α,β-unsaturated/α-hetero) is 1. The minimum atomic E-state index is -4.40. The molecule has 134 valence electrons. The molecule has 0 saturated heterocycles. The number of likely N-dealkylation sites (N-methyl/N-ethyl adjacent to an activating group) is 1. The third-order valence-corrected chi connectivity index (χ3v) is 3.97. The van der Waals surface area contributed by atoms with Gasteiger partial charge in [-0.2, -0.15) is 8.78 Å². The van der Waals surface area contributed by atoms with Gasteiger partial charge in [-0.25, -0.2) is 13.6 Å². The van der Waals surface area contributed by atoms with Crippen LogP contribution in [0.5, 0.6) is 0 Å². The number of ether oxygens (including phenoxy) is 1. The molecule has 0 aromatic rings. The van der Waals surface area contributed by atoms with Crippen LogP contribution in [0.15, 0.2) is 0 Å². The highest BCUT2D eigenvalue weighted by atomic mass is 19.3. The maximum Gasteiger partial charge on any atom is 0.410 e. The van der Waals surface area contributed by atoms with Gasteiger partial charge in [-0.15, -0.1) is 0 Å². The van der Waals surface area contributed by atoms with E-state index in [4.69, 9.17) is 4.74 Å². The Morgan fingerprint density at radius 2 is 1.65 bits per heavy atom. The number of rotatable bonds is 5. The summed E-state index contributed by atoms with van der Waals surface area (Å²) in [6, 6.07) is 0. The van der Waals surface area contributed by atoms with E-state index in [0.29, 0.717) is 12.8 Å². The lowest BCUT2D eigenvalue weighted by molar-refractivity contribution is -0.157. The van der Waals surface area contributed by atoms with E-state index in [0.717, 1.165) is 4.90 Å². The summed E-state index contributed by atoms with van der Waals surface area (Å²) in [6.07, 6.45) is -4.89. The SMILES string of the molecule is CN(C(=O)OC(C)(C)C)C1(C(=O)CC(F)(F)C(F)F)CCCC1. The van der Waals surface area contributed by atoms with Crippen LogP contribution in [0, 0.1) is 0 Å². The van der Waals surface area contributed by atoms with Crippen molar-refractivity contribution in [2.24, 2.45) is 0 Å². The standard InChI is InChI=1S/C15H23F4NO3/c1-13(2,3)23-12(22)20(4)14(7-5-6-8-14)10(21)9-15(18,19)11(16)17/h11H,5-9H2,1-4H3. The number of hydrogen-bond donors (Lipinski definition) is 0. The topological polar surface area (TPSA) is 46.6 Å². The molecule has 23 heavy (non-hydrogen) atoms. The van der Waals surface area contributed by atoms with Crippen LogP contribution in [0.2, 0.25) is 0 Å². The summed E-state index contributed by atoms with van der Waals surface area (Å²) in [5, 5.41) is 0. The zero-order chi connectivity index (χ0) is 18.1. The van der Waals surface area contributed by atoms with Crippen molar-refractivity contribution < 1.29 is 31.9 Å². The fourth-order valence-electron chi connectivity index (χ4n) is 2.72. The van der Waals surface area contributed by atoms with Crippen molar-refractivity contribution >= 4 is 11.9 Å². The second-order valence-electron chi connectivity index (χ2n) is 6.94. The Kier molecular flexibility index (Phi) is 5.70. The molecule has 0 radical (unpaired) electrons. The van der Waals surface area contributed by atoms with Crippen molar-refractivity contribution in [2.45, 2.75) is 76.4 Å². The van der Waals surface area contributed by atoms with Gasteiger partial charge in [0.2, 0.25) is 0 Å². The molecule has 0 atom stereocenters. The van der Waals surface area contributed by atoms with Crippen LogP contribution in [0.1, 0.15) is 52.9 Å². The second kappa shape index (κ2) is 6.65. The molecule has 8 heteroatoms. The van der Waals surface area contributed by atoms with Gasteiger partial charge in [0.15, 0.2) is 5.78 Å². The van der Waals surface area contributed by atoms with Gasteiger partial charge in [0.1, 0.15) is 11.1 Å². The van der Waals surface area contributed by atoms with Gasteiger partial charge in [0.05, 0.1) is 6.42 Å². The van der Waals surface area contributed by atoms with Gasteiger partial charge in [0.25, 0.3) is 0 Å². The molecule has 1 saturated carbocycles. The quantitative estimate of drug-likeness (QED) is 0.710. The highest BCUT2D eigenvalue weighted by molar-refractivity contribution is 5.92. The summed E-state index contributed by atoms with van der Waals surface area (Å²) < 4.78 is 56.4. The zero-order valence-electron chi connectivity index (χ0n) is 13.8. The van der Waals surface area contributed by atoms with Crippen LogP contribution in [-0.4, -0.2) is 47.3 Å². The van der Waals surface area contributed by atoms with Gasteiger partial charge in [0, 0.05) is 7.05 Å². The largest absolute Gasteiger partial charge is 0.444 e. The normalized spacial score (nSPS) is 18.1. The number of ketones is 1. The van der Waals surface area contributed by atoms with Crippen molar-refractivity contribution in [3.8, 4) is 0 Å². The molecule has 1 fully saturated rings. The summed E-state index contributed by atoms with van der Waals surface area (Å²) in [6.45, 7) is 4.90. The molecular formula is C15H23F4NO3. The first kappa shape index (κ1) is 19.7. The predicted molar refractivity (Wildman–Crippen MR) is 75.8 cm³/mol. The lowest BCUT2D eigenvalue weighted by Gasteiger charge is -2.38. The van der Waals surface area contributed by atoms with E-state index >= 15 is 0 Å². The molecular weight excluding hydrogens is 318 g/mol. The number of hydrogen-bond acceptors (Lipinski definition) is 3. The summed E-state index contributed by atoms with van der Waals surface area (Å²) in [4.78, 5) is 25.5. The third kappa shape index (κ3) is 4.57. The number of carbonyl (C=O) groups is 2. The monoisotopic (exact) mass is 341 g/mol. The van der Waals surface area contributed by atoms with Crippen molar-refractivity contribution in [3.63, 3.8) is 0 Å². The van der Waals surface area contributed by atoms with Gasteiger partial charge >= 0.3 is 18.4 Å². The summed E-state index contributed by atoms with van der Waals surface area (Å²) in [7, 11) is 1.29. The number of halogens is 4. The number of alkyl halides is 4. The molecule has 0 aromatic carbocycles. The highest BCUT2D eigenvalue weighted by Crippen LogP contribution is 2.40. The fourth-order valence-corrected chi connectivity index (χ4v) is 2.72. The Morgan fingerprint density at radius 3 is 2.04 bits per heavy atom. The molecule has 1 amide bonds. The number of carbonyl (C=O) groups excluding carboxylic acids is 2. The van der Waals surface area contributed by atoms with Crippen molar-refractivity contribution in [1.29, 1.82) is 0 Å². The Balaban J connectivity index is 2.99. The van der Waals surface area contributed by atoms with E-state index in [-0.39, 0.29) is 12.8 Å². The highest BCUT2D eigenvalue weighted by Gasteiger charge is 2.52. The molecule has 0 aromatic heterocycles. The Bertz CT molecular complexity index is 454. The van der Waals surface area contributed by atoms with Gasteiger partial charge in [-0.1, -0.05) is 12.8 Å². The van der Waals surface area contributed by atoms with E-state index in [2.05, 4.69) is 0 Å². The van der Waals surface area contributed by atoms with Crippen LogP contribution >= 0.6 is 0 Å². The van der Waals surface area contributed by atoms with Gasteiger partial charge < -0.3 is 4.74 Å². The first-order chi connectivity index (χ1) is 10.3. The van der Waals surface area contributed by atoms with E-state index in [1.54, 1.807) is 20.8 Å². The average molecular weight is 341 g/mol. The Morgan fingerprint density at radius 1 is 1.17 bits per heavy atom. The zero-order valence-corrected chi connectivity index (χ0v) is 13.8. The first-order valence-electron chi connectivity index (χ1n) is 7.48. The molecule has 1 aliphatic rings. The average Bonchev–Trinajstić information content (AvgIpc) is 2.85. The Hall–Kier alpha value is -1.34. The minimum Gasteiger partial charge on any atom is -0.444 e. The van der Waals surface area contributed by atoms with Gasteiger partial charge in [-0.05, 0) is 33.6 Å². The summed E-state index contributed by atoms with van der Waals surface area (Å²) >= 11 is 0. The van der Waals surface area contributed by atoms with Crippen LogP contribution in [-0.2, 0) is 9.53 Å². The maximum atomic E-state index is 13.3. The van der Waals surface area contributed by atoms with E-state index in [1.165, 1.54) is 7.05 Å². The molecule has 0 spiro atoms. The molecule has 0 N–H and O–H groups in total. The predicted octanol–water partition coefficient (Wildman–Crippen LogP) is 4.03. The maximum absolute atomic E-state index is 13.3. The molecule has 0 aliphatic heterocycles. The molecule has 1 rings (SSSR count). The van der Waals surface area contributed by atoms with Crippen LogP contribution in [0.4, 0.5) is 22.4 Å². The van der Waals surface area contributed by atoms with E-state index < -0.39 is 41.8 Å². The van der Waals surface area contributed by atoms with Crippen LogP contribution in [0.3, 0.4) is 0 Å². The third-order valence-electron chi connectivity index (χ3n) is 3.97.